The molecule has 0 aliphatic rings. The third kappa shape index (κ3) is 6.50. The third-order valence-corrected chi connectivity index (χ3v) is 4.87. The van der Waals surface area contributed by atoms with Gasteiger partial charge in [-0.2, -0.15) is 0 Å². The molecule has 0 atom stereocenters. The number of hydrogen-bond donors (Lipinski definition) is 5. The summed E-state index contributed by atoms with van der Waals surface area (Å²) in [7, 11) is 3.00. The Balaban J connectivity index is 1.97. The van der Waals surface area contributed by atoms with Crippen LogP contribution in [-0.2, 0) is 0 Å². The molecule has 12 heteroatoms. The molecule has 11 nitrogen and oxygen atoms in total. The number of aliphatic imine (C=N–C) groups is 1. The molecule has 0 saturated carbocycles. The number of methoxy groups -OCH3 is 1. The van der Waals surface area contributed by atoms with E-state index in [1.807, 2.05) is 6.92 Å². The molecule has 0 saturated heterocycles. The van der Waals surface area contributed by atoms with Crippen molar-refractivity contribution in [1.82, 2.24) is 25.6 Å². The van der Waals surface area contributed by atoms with E-state index in [1.54, 1.807) is 37.3 Å². The molecule has 0 aliphatic carbocycles. The Morgan fingerprint density at radius 3 is 2.64 bits per heavy atom. The van der Waals surface area contributed by atoms with Crippen LogP contribution in [-0.4, -0.2) is 60.4 Å². The van der Waals surface area contributed by atoms with Gasteiger partial charge in [-0.3, -0.25) is 10.2 Å². The number of rotatable bonds is 10. The molecule has 0 bridgehead atoms. The van der Waals surface area contributed by atoms with Gasteiger partial charge in [0.1, 0.15) is 24.1 Å². The molecule has 5 N–H and O–H groups in total. The predicted octanol–water partition coefficient (Wildman–Crippen LogP) is 3.26. The van der Waals surface area contributed by atoms with E-state index < -0.39 is 6.67 Å². The first-order chi connectivity index (χ1) is 17.4. The number of aromatic nitrogens is 3. The van der Waals surface area contributed by atoms with Gasteiger partial charge in [0.25, 0.3) is 5.91 Å². The second-order valence-electron chi connectivity index (χ2n) is 7.52. The fourth-order valence-corrected chi connectivity index (χ4v) is 3.34. The number of para-hydroxylation sites is 1. The Morgan fingerprint density at radius 1 is 1.14 bits per heavy atom. The molecule has 0 unspecified atom stereocenters. The second-order valence-corrected chi connectivity index (χ2v) is 7.52. The largest absolute Gasteiger partial charge is 0.494 e. The monoisotopic (exact) mass is 493 g/mol. The maximum atomic E-state index is 12.5. The number of halogens is 1. The van der Waals surface area contributed by atoms with E-state index in [2.05, 4.69) is 41.2 Å². The summed E-state index contributed by atoms with van der Waals surface area (Å²) >= 11 is 0. The van der Waals surface area contributed by atoms with Crippen LogP contribution in [0, 0.1) is 19.3 Å². The number of amides is 1. The summed E-state index contributed by atoms with van der Waals surface area (Å²) < 4.78 is 17.8. The van der Waals surface area contributed by atoms with Crippen LogP contribution in [0.2, 0.25) is 0 Å². The minimum absolute atomic E-state index is 0.0834. The second kappa shape index (κ2) is 12.2. The molecule has 1 aromatic carbocycles. The number of anilines is 4. The van der Waals surface area contributed by atoms with Crippen molar-refractivity contribution in [2.45, 2.75) is 13.8 Å². The van der Waals surface area contributed by atoms with E-state index in [4.69, 9.17) is 10.1 Å². The normalized spacial score (nSPS) is 10.7. The van der Waals surface area contributed by atoms with Gasteiger partial charge in [0, 0.05) is 37.6 Å². The standard InChI is InChI=1S/C24H28FN9O2/c1-14-10-21(32-15(2)31-14)34-20-11-19(17(12-29-20)24(35)27-3)33-18-7-5-6-16(22(18)36-4)23(26)30-13-28-9-8-25/h5-7,10-13H,8-9H2,1-4H3,(H,27,35)(H2,26,28,30)(H2,29,31,32,33,34). The topological polar surface area (TPSA) is 149 Å². The molecule has 36 heavy (non-hydrogen) atoms. The summed E-state index contributed by atoms with van der Waals surface area (Å²) in [5, 5.41) is 19.9. The number of carbonyl (C=O) groups excluding carboxylic acids is 1. The van der Waals surface area contributed by atoms with Crippen molar-refractivity contribution < 1.29 is 13.9 Å². The SMILES string of the molecule is CNC(=O)c1cnc(Nc2cc(C)nc(C)n2)cc1Nc1cccc(C(=N)/N=C\NCCF)c1OC. The fourth-order valence-electron chi connectivity index (χ4n) is 3.34. The van der Waals surface area contributed by atoms with Crippen molar-refractivity contribution in [2.75, 3.05) is 38.0 Å². The highest BCUT2D eigenvalue weighted by molar-refractivity contribution is 6.05. The predicted molar refractivity (Wildman–Crippen MR) is 138 cm³/mol. The molecule has 2 aromatic heterocycles. The quantitative estimate of drug-likeness (QED) is 0.164. The number of alkyl halides is 1. The maximum Gasteiger partial charge on any atom is 0.254 e. The first-order valence-electron chi connectivity index (χ1n) is 11.0. The number of pyridine rings is 1. The van der Waals surface area contributed by atoms with E-state index >= 15 is 0 Å². The minimum Gasteiger partial charge on any atom is -0.494 e. The molecule has 2 heterocycles. The molecule has 3 aromatic rings. The molecular formula is C24H28FN9O2. The van der Waals surface area contributed by atoms with E-state index in [9.17, 15) is 9.18 Å². The highest BCUT2D eigenvalue weighted by Crippen LogP contribution is 2.33. The van der Waals surface area contributed by atoms with Gasteiger partial charge in [-0.05, 0) is 26.0 Å². The van der Waals surface area contributed by atoms with Crippen molar-refractivity contribution in [3.8, 4) is 5.75 Å². The number of hydrogen-bond acceptors (Lipinski definition) is 8. The highest BCUT2D eigenvalue weighted by Gasteiger charge is 2.17. The fraction of sp³-hybridized carbons (Fsp3) is 0.250. The molecule has 3 rings (SSSR count). The lowest BCUT2D eigenvalue weighted by molar-refractivity contribution is 0.0963. The van der Waals surface area contributed by atoms with E-state index in [0.717, 1.165) is 5.69 Å². The van der Waals surface area contributed by atoms with Gasteiger partial charge in [-0.25, -0.2) is 24.3 Å². The van der Waals surface area contributed by atoms with Gasteiger partial charge in [-0.15, -0.1) is 0 Å². The number of benzene rings is 1. The minimum atomic E-state index is -0.547. The van der Waals surface area contributed by atoms with Crippen LogP contribution >= 0.6 is 0 Å². The summed E-state index contributed by atoms with van der Waals surface area (Å²) in [6.07, 6.45) is 2.71. The smallest absolute Gasteiger partial charge is 0.254 e. The molecule has 0 radical (unpaired) electrons. The van der Waals surface area contributed by atoms with Gasteiger partial charge >= 0.3 is 0 Å². The van der Waals surface area contributed by atoms with E-state index in [1.165, 1.54) is 26.7 Å². The molecule has 0 aliphatic heterocycles. The van der Waals surface area contributed by atoms with Gasteiger partial charge in [0.05, 0.1) is 36.0 Å². The summed E-state index contributed by atoms with van der Waals surface area (Å²) in [6, 6.07) is 8.62. The third-order valence-electron chi connectivity index (χ3n) is 4.87. The first-order valence-corrected chi connectivity index (χ1v) is 11.0. The van der Waals surface area contributed by atoms with Crippen molar-refractivity contribution in [2.24, 2.45) is 4.99 Å². The number of aryl methyl sites for hydroxylation is 2. The summed E-state index contributed by atoms with van der Waals surface area (Å²) in [4.78, 5) is 29.5. The average Bonchev–Trinajstić information content (AvgIpc) is 2.85. The van der Waals surface area contributed by atoms with Crippen LogP contribution in [0.25, 0.3) is 0 Å². The van der Waals surface area contributed by atoms with Crippen LogP contribution in [0.15, 0.2) is 41.5 Å². The Hall–Kier alpha value is -4.61. The van der Waals surface area contributed by atoms with Gasteiger partial charge in [0.15, 0.2) is 11.6 Å². The summed E-state index contributed by atoms with van der Waals surface area (Å²) in [5.41, 5.74) is 2.46. The molecule has 0 fully saturated rings. The Labute approximate surface area is 208 Å². The molecule has 1 amide bonds. The zero-order valence-corrected chi connectivity index (χ0v) is 20.4. The highest BCUT2D eigenvalue weighted by atomic mass is 19.1. The number of amidine groups is 1. The van der Waals surface area contributed by atoms with Crippen molar-refractivity contribution in [1.29, 1.82) is 5.41 Å². The lowest BCUT2D eigenvalue weighted by Crippen LogP contribution is -2.20. The lowest BCUT2D eigenvalue weighted by atomic mass is 10.1. The molecule has 0 spiro atoms. The van der Waals surface area contributed by atoms with Crippen molar-refractivity contribution in [3.05, 3.63) is 59.2 Å². The maximum absolute atomic E-state index is 12.5. The van der Waals surface area contributed by atoms with Crippen LogP contribution in [0.3, 0.4) is 0 Å². The number of nitrogens with one attached hydrogen (secondary N) is 5. The van der Waals surface area contributed by atoms with Crippen molar-refractivity contribution >= 4 is 41.1 Å². The lowest BCUT2D eigenvalue weighted by Gasteiger charge is -2.17. The van der Waals surface area contributed by atoms with E-state index in [-0.39, 0.29) is 18.3 Å². The average molecular weight is 494 g/mol. The first kappa shape index (κ1) is 26.0. The Bertz CT molecular complexity index is 1260. The van der Waals surface area contributed by atoms with Crippen LogP contribution in [0.4, 0.5) is 27.4 Å². The number of nitrogens with zero attached hydrogens (tertiary/aromatic N) is 4. The summed E-state index contributed by atoms with van der Waals surface area (Å²) in [5.74, 6) is 1.56. The zero-order chi connectivity index (χ0) is 26.1. The van der Waals surface area contributed by atoms with Crippen LogP contribution in [0.1, 0.15) is 27.4 Å². The zero-order valence-electron chi connectivity index (χ0n) is 20.4. The van der Waals surface area contributed by atoms with Gasteiger partial charge in [0.2, 0.25) is 0 Å². The molecule has 188 valence electrons. The van der Waals surface area contributed by atoms with Crippen molar-refractivity contribution in [3.63, 3.8) is 0 Å². The number of ether oxygens (including phenoxy) is 1. The van der Waals surface area contributed by atoms with Crippen LogP contribution < -0.4 is 26.0 Å². The van der Waals surface area contributed by atoms with Gasteiger partial charge in [-0.1, -0.05) is 6.07 Å². The van der Waals surface area contributed by atoms with Gasteiger partial charge < -0.3 is 26.0 Å². The Kier molecular flexibility index (Phi) is 8.81. The number of carbonyl (C=O) groups is 1. The van der Waals surface area contributed by atoms with E-state index in [0.29, 0.717) is 45.7 Å². The molecular weight excluding hydrogens is 465 g/mol. The Morgan fingerprint density at radius 2 is 1.94 bits per heavy atom. The summed E-state index contributed by atoms with van der Waals surface area (Å²) in [6.45, 7) is 3.22. The van der Waals surface area contributed by atoms with Crippen LogP contribution in [0.5, 0.6) is 5.75 Å².